The van der Waals surface area contributed by atoms with Gasteiger partial charge in [0.15, 0.2) is 0 Å². The van der Waals surface area contributed by atoms with Crippen LogP contribution < -0.4 is 10.6 Å². The van der Waals surface area contributed by atoms with Crippen molar-refractivity contribution in [3.8, 4) is 0 Å². The van der Waals surface area contributed by atoms with Gasteiger partial charge in [0.25, 0.3) is 0 Å². The second-order valence-corrected chi connectivity index (χ2v) is 5.75. The normalized spacial score (nSPS) is 10.3. The molecule has 0 bridgehead atoms. The van der Waals surface area contributed by atoms with Crippen LogP contribution in [-0.2, 0) is 4.74 Å². The van der Waals surface area contributed by atoms with Crippen molar-refractivity contribution in [2.45, 2.75) is 13.3 Å². The number of ether oxygens (including phenoxy) is 1. The van der Waals surface area contributed by atoms with Gasteiger partial charge in [0.2, 0.25) is 0 Å². The molecule has 19 heavy (non-hydrogen) atoms. The first-order chi connectivity index (χ1) is 9.06. The zero-order chi connectivity index (χ0) is 14.3. The summed E-state index contributed by atoms with van der Waals surface area (Å²) in [7, 11) is 3.78. The van der Waals surface area contributed by atoms with Gasteiger partial charge in [0.05, 0.1) is 17.9 Å². The molecule has 0 aliphatic heterocycles. The lowest BCUT2D eigenvalue weighted by atomic mass is 10.1. The van der Waals surface area contributed by atoms with Gasteiger partial charge < -0.3 is 15.4 Å². The first-order valence-electron chi connectivity index (χ1n) is 6.38. The maximum Gasteiger partial charge on any atom is 0.340 e. The number of esters is 1. The molecule has 0 aliphatic carbocycles. The summed E-state index contributed by atoms with van der Waals surface area (Å²) in [5.74, 6) is 1.80. The zero-order valence-corrected chi connectivity index (χ0v) is 12.6. The highest BCUT2D eigenvalue weighted by Crippen LogP contribution is 2.22. The quantitative estimate of drug-likeness (QED) is 0.473. The van der Waals surface area contributed by atoms with E-state index in [1.54, 1.807) is 12.1 Å². The molecule has 106 valence electrons. The molecule has 0 unspecified atom stereocenters. The number of carbonyl (C=O) groups is 1. The predicted molar refractivity (Wildman–Crippen MR) is 83.1 cm³/mol. The van der Waals surface area contributed by atoms with Crippen molar-refractivity contribution < 1.29 is 9.53 Å². The summed E-state index contributed by atoms with van der Waals surface area (Å²) in [4.78, 5) is 13.9. The van der Waals surface area contributed by atoms with Crippen molar-refractivity contribution in [1.82, 2.24) is 0 Å². The number of nitrogens with zero attached hydrogens (tertiary/aromatic N) is 1. The highest BCUT2D eigenvalue weighted by Gasteiger charge is 2.14. The Morgan fingerprint density at radius 2 is 2.16 bits per heavy atom. The van der Waals surface area contributed by atoms with E-state index in [9.17, 15) is 4.79 Å². The SMILES string of the molecule is CCSCCCOC(=O)c1cc(N)ccc1N(C)C. The number of nitrogens with two attached hydrogens (primary N) is 1. The highest BCUT2D eigenvalue weighted by molar-refractivity contribution is 7.99. The van der Waals surface area contributed by atoms with E-state index in [1.807, 2.05) is 36.8 Å². The van der Waals surface area contributed by atoms with Crippen LogP contribution in [0.1, 0.15) is 23.7 Å². The van der Waals surface area contributed by atoms with Crippen molar-refractivity contribution in [2.75, 3.05) is 42.8 Å². The monoisotopic (exact) mass is 282 g/mol. The smallest absolute Gasteiger partial charge is 0.340 e. The van der Waals surface area contributed by atoms with E-state index < -0.39 is 0 Å². The maximum atomic E-state index is 12.0. The van der Waals surface area contributed by atoms with Crippen LogP contribution in [0.4, 0.5) is 11.4 Å². The Hall–Kier alpha value is -1.36. The average Bonchev–Trinajstić information content (AvgIpc) is 2.37. The molecule has 0 aromatic heterocycles. The number of hydrogen-bond donors (Lipinski definition) is 1. The van der Waals surface area contributed by atoms with E-state index in [4.69, 9.17) is 10.5 Å². The van der Waals surface area contributed by atoms with Crippen molar-refractivity contribution in [3.05, 3.63) is 23.8 Å². The van der Waals surface area contributed by atoms with Gasteiger partial charge >= 0.3 is 5.97 Å². The summed E-state index contributed by atoms with van der Waals surface area (Å²) >= 11 is 1.85. The summed E-state index contributed by atoms with van der Waals surface area (Å²) in [5, 5.41) is 0. The van der Waals surface area contributed by atoms with Gasteiger partial charge in [-0.15, -0.1) is 0 Å². The van der Waals surface area contributed by atoms with Crippen molar-refractivity contribution >= 4 is 29.1 Å². The van der Waals surface area contributed by atoms with E-state index in [0.717, 1.165) is 23.6 Å². The van der Waals surface area contributed by atoms with E-state index in [2.05, 4.69) is 6.92 Å². The van der Waals surface area contributed by atoms with E-state index in [1.165, 1.54) is 0 Å². The second kappa shape index (κ2) is 7.94. The number of hydrogen-bond acceptors (Lipinski definition) is 5. The minimum atomic E-state index is -0.308. The molecule has 1 aromatic rings. The average molecular weight is 282 g/mol. The van der Waals surface area contributed by atoms with Crippen LogP contribution >= 0.6 is 11.8 Å². The number of rotatable bonds is 7. The topological polar surface area (TPSA) is 55.6 Å². The number of thioether (sulfide) groups is 1. The summed E-state index contributed by atoms with van der Waals surface area (Å²) in [6.07, 6.45) is 0.879. The fraction of sp³-hybridized carbons (Fsp3) is 0.500. The summed E-state index contributed by atoms with van der Waals surface area (Å²) in [6.45, 7) is 2.57. The van der Waals surface area contributed by atoms with Crippen LogP contribution in [0, 0.1) is 0 Å². The Morgan fingerprint density at radius 3 is 2.79 bits per heavy atom. The van der Waals surface area contributed by atoms with Crippen LogP contribution in [-0.4, -0.2) is 38.2 Å². The molecule has 0 saturated heterocycles. The third-order valence-electron chi connectivity index (χ3n) is 2.59. The summed E-state index contributed by atoms with van der Waals surface area (Å²) in [5.41, 5.74) is 7.64. The van der Waals surface area contributed by atoms with Gasteiger partial charge in [-0.25, -0.2) is 4.79 Å². The zero-order valence-electron chi connectivity index (χ0n) is 11.8. The molecule has 5 heteroatoms. The Kier molecular flexibility index (Phi) is 6.56. The van der Waals surface area contributed by atoms with Gasteiger partial charge in [0.1, 0.15) is 0 Å². The van der Waals surface area contributed by atoms with Crippen LogP contribution in [0.5, 0.6) is 0 Å². The first kappa shape index (κ1) is 15.7. The van der Waals surface area contributed by atoms with Crippen molar-refractivity contribution in [3.63, 3.8) is 0 Å². The van der Waals surface area contributed by atoms with Gasteiger partial charge in [0, 0.05) is 19.8 Å². The highest BCUT2D eigenvalue weighted by atomic mass is 32.2. The molecule has 0 aliphatic rings. The van der Waals surface area contributed by atoms with Crippen LogP contribution in [0.25, 0.3) is 0 Å². The molecule has 0 amide bonds. The van der Waals surface area contributed by atoms with E-state index in [0.29, 0.717) is 17.9 Å². The molecule has 0 fully saturated rings. The van der Waals surface area contributed by atoms with Gasteiger partial charge in [-0.1, -0.05) is 6.92 Å². The Bertz CT molecular complexity index is 422. The maximum absolute atomic E-state index is 12.0. The lowest BCUT2D eigenvalue weighted by Gasteiger charge is -2.17. The molecular weight excluding hydrogens is 260 g/mol. The third-order valence-corrected chi connectivity index (χ3v) is 3.58. The largest absolute Gasteiger partial charge is 0.462 e. The number of carbonyl (C=O) groups excluding carboxylic acids is 1. The lowest BCUT2D eigenvalue weighted by molar-refractivity contribution is 0.0507. The number of anilines is 2. The second-order valence-electron chi connectivity index (χ2n) is 4.36. The number of nitrogen functional groups attached to an aromatic ring is 1. The minimum absolute atomic E-state index is 0.308. The molecule has 0 spiro atoms. The molecule has 4 nitrogen and oxygen atoms in total. The lowest BCUT2D eigenvalue weighted by Crippen LogP contribution is -2.16. The minimum Gasteiger partial charge on any atom is -0.462 e. The summed E-state index contributed by atoms with van der Waals surface area (Å²) < 4.78 is 5.29. The fourth-order valence-corrected chi connectivity index (χ4v) is 2.27. The molecular formula is C14H22N2O2S. The van der Waals surface area contributed by atoms with E-state index in [-0.39, 0.29) is 5.97 Å². The molecule has 0 atom stereocenters. The molecule has 1 aromatic carbocycles. The Balaban J connectivity index is 2.63. The Labute approximate surface area is 119 Å². The van der Waals surface area contributed by atoms with Crippen LogP contribution in [0.2, 0.25) is 0 Å². The molecule has 0 saturated carbocycles. The van der Waals surface area contributed by atoms with Crippen molar-refractivity contribution in [1.29, 1.82) is 0 Å². The predicted octanol–water partition coefficient (Wildman–Crippen LogP) is 2.63. The van der Waals surface area contributed by atoms with Gasteiger partial charge in [-0.05, 0) is 36.1 Å². The van der Waals surface area contributed by atoms with Crippen LogP contribution in [0.15, 0.2) is 18.2 Å². The standard InChI is InChI=1S/C14H22N2O2S/c1-4-19-9-5-8-18-14(17)12-10-11(15)6-7-13(12)16(2)3/h6-7,10H,4-5,8-9,15H2,1-3H3. The molecule has 2 N–H and O–H groups in total. The van der Waals surface area contributed by atoms with E-state index >= 15 is 0 Å². The molecule has 0 radical (unpaired) electrons. The number of benzene rings is 1. The van der Waals surface area contributed by atoms with Gasteiger partial charge in [-0.3, -0.25) is 0 Å². The Morgan fingerprint density at radius 1 is 1.42 bits per heavy atom. The summed E-state index contributed by atoms with van der Waals surface area (Å²) in [6, 6.07) is 5.28. The van der Waals surface area contributed by atoms with Crippen molar-refractivity contribution in [2.24, 2.45) is 0 Å². The fourth-order valence-electron chi connectivity index (χ4n) is 1.66. The van der Waals surface area contributed by atoms with Gasteiger partial charge in [-0.2, -0.15) is 11.8 Å². The molecule has 1 rings (SSSR count). The van der Waals surface area contributed by atoms with Crippen LogP contribution in [0.3, 0.4) is 0 Å². The molecule has 0 heterocycles. The third kappa shape index (κ3) is 5.03. The first-order valence-corrected chi connectivity index (χ1v) is 7.53.